The lowest BCUT2D eigenvalue weighted by atomic mass is 10.2. The van der Waals surface area contributed by atoms with Crippen LogP contribution in [0.5, 0.6) is 5.75 Å². The van der Waals surface area contributed by atoms with Crippen molar-refractivity contribution in [3.8, 4) is 5.75 Å². The third kappa shape index (κ3) is 3.79. The first-order valence-corrected chi connectivity index (χ1v) is 6.50. The first-order valence-electron chi connectivity index (χ1n) is 5.71. The first-order chi connectivity index (χ1) is 9.16. The van der Waals surface area contributed by atoms with Crippen LogP contribution in [0.15, 0.2) is 47.2 Å². The quantitative estimate of drug-likeness (QED) is 0.918. The zero-order valence-corrected chi connectivity index (χ0v) is 11.6. The molecular formula is C14H12BrNO3. The van der Waals surface area contributed by atoms with E-state index in [-0.39, 0.29) is 5.56 Å². The lowest BCUT2D eigenvalue weighted by Gasteiger charge is -2.09. The van der Waals surface area contributed by atoms with Gasteiger partial charge in [0.2, 0.25) is 0 Å². The molecule has 98 valence electrons. The lowest BCUT2D eigenvalue weighted by Crippen LogP contribution is -2.06. The summed E-state index contributed by atoms with van der Waals surface area (Å²) in [4.78, 5) is 15.0. The summed E-state index contributed by atoms with van der Waals surface area (Å²) in [5.41, 5.74) is 1.26. The Morgan fingerprint density at radius 3 is 2.68 bits per heavy atom. The second-order valence-electron chi connectivity index (χ2n) is 3.90. The van der Waals surface area contributed by atoms with Crippen LogP contribution in [-0.4, -0.2) is 22.7 Å². The van der Waals surface area contributed by atoms with Crippen LogP contribution >= 0.6 is 15.9 Å². The van der Waals surface area contributed by atoms with Crippen LogP contribution in [0.25, 0.3) is 0 Å². The summed E-state index contributed by atoms with van der Waals surface area (Å²) >= 11 is 3.30. The van der Waals surface area contributed by atoms with Crippen LogP contribution in [0.3, 0.4) is 0 Å². The number of aromatic carboxylic acids is 1. The Morgan fingerprint density at radius 2 is 2.00 bits per heavy atom. The highest BCUT2D eigenvalue weighted by molar-refractivity contribution is 9.10. The third-order valence-corrected chi connectivity index (χ3v) is 3.06. The van der Waals surface area contributed by atoms with E-state index in [9.17, 15) is 4.79 Å². The molecule has 1 aromatic heterocycles. The van der Waals surface area contributed by atoms with Gasteiger partial charge in [-0.05, 0) is 35.9 Å². The number of hydrogen-bond donors (Lipinski definition) is 1. The minimum atomic E-state index is -0.994. The molecule has 2 rings (SSSR count). The number of pyridine rings is 1. The van der Waals surface area contributed by atoms with E-state index in [4.69, 9.17) is 9.84 Å². The number of benzene rings is 1. The van der Waals surface area contributed by atoms with E-state index in [2.05, 4.69) is 20.9 Å². The molecule has 0 atom stereocenters. The fraction of sp³-hybridized carbons (Fsp3) is 0.143. The Morgan fingerprint density at radius 1 is 1.26 bits per heavy atom. The van der Waals surface area contributed by atoms with Crippen LogP contribution in [0.2, 0.25) is 0 Å². The molecule has 19 heavy (non-hydrogen) atoms. The second-order valence-corrected chi connectivity index (χ2v) is 4.82. The van der Waals surface area contributed by atoms with E-state index in [1.807, 2.05) is 12.1 Å². The highest BCUT2D eigenvalue weighted by Crippen LogP contribution is 2.24. The number of rotatable bonds is 5. The predicted octanol–water partition coefficient (Wildman–Crippen LogP) is 3.16. The number of ether oxygens (including phenoxy) is 1. The fourth-order valence-corrected chi connectivity index (χ4v) is 1.96. The van der Waals surface area contributed by atoms with Crippen molar-refractivity contribution in [2.75, 3.05) is 6.61 Å². The Hall–Kier alpha value is -1.88. The topological polar surface area (TPSA) is 59.4 Å². The van der Waals surface area contributed by atoms with Crippen LogP contribution in [-0.2, 0) is 6.42 Å². The standard InChI is InChI=1S/C14H12BrNO3/c15-11-1-2-12(14(17)18)13(9-11)19-8-5-10-3-6-16-7-4-10/h1-4,6-7,9H,5,8H2,(H,17,18). The molecule has 0 saturated heterocycles. The lowest BCUT2D eigenvalue weighted by molar-refractivity contribution is 0.0692. The highest BCUT2D eigenvalue weighted by Gasteiger charge is 2.11. The van der Waals surface area contributed by atoms with Gasteiger partial charge >= 0.3 is 5.97 Å². The summed E-state index contributed by atoms with van der Waals surface area (Å²) < 4.78 is 6.34. The van der Waals surface area contributed by atoms with Crippen LogP contribution in [0.1, 0.15) is 15.9 Å². The Labute approximate surface area is 119 Å². The van der Waals surface area contributed by atoms with E-state index >= 15 is 0 Å². The largest absolute Gasteiger partial charge is 0.492 e. The maximum absolute atomic E-state index is 11.1. The van der Waals surface area contributed by atoms with Crippen LogP contribution < -0.4 is 4.74 Å². The highest BCUT2D eigenvalue weighted by atomic mass is 79.9. The van der Waals surface area contributed by atoms with Crippen molar-refractivity contribution in [1.82, 2.24) is 4.98 Å². The molecule has 0 saturated carbocycles. The molecule has 0 fully saturated rings. The van der Waals surface area contributed by atoms with Crippen LogP contribution in [0.4, 0.5) is 0 Å². The molecule has 4 nitrogen and oxygen atoms in total. The average Bonchev–Trinajstić information content (AvgIpc) is 2.39. The number of hydrogen-bond acceptors (Lipinski definition) is 3. The minimum Gasteiger partial charge on any atom is -0.492 e. The number of carboxylic acids is 1. The van der Waals surface area contributed by atoms with Crippen molar-refractivity contribution in [1.29, 1.82) is 0 Å². The third-order valence-electron chi connectivity index (χ3n) is 2.57. The van der Waals surface area contributed by atoms with Gasteiger partial charge in [0, 0.05) is 23.3 Å². The molecule has 1 heterocycles. The molecule has 2 aromatic rings. The molecule has 5 heteroatoms. The second kappa shape index (κ2) is 6.33. The minimum absolute atomic E-state index is 0.165. The molecule has 0 spiro atoms. The van der Waals surface area contributed by atoms with Gasteiger partial charge < -0.3 is 9.84 Å². The summed E-state index contributed by atoms with van der Waals surface area (Å²) in [6, 6.07) is 8.67. The summed E-state index contributed by atoms with van der Waals surface area (Å²) in [6.45, 7) is 0.417. The van der Waals surface area contributed by atoms with Gasteiger partial charge in [-0.2, -0.15) is 0 Å². The Bertz CT molecular complexity index is 572. The van der Waals surface area contributed by atoms with Crippen molar-refractivity contribution >= 4 is 21.9 Å². The van der Waals surface area contributed by atoms with Gasteiger partial charge in [0.1, 0.15) is 11.3 Å². The van der Waals surface area contributed by atoms with Crippen molar-refractivity contribution in [3.63, 3.8) is 0 Å². The molecule has 0 amide bonds. The molecular weight excluding hydrogens is 310 g/mol. The SMILES string of the molecule is O=C(O)c1ccc(Br)cc1OCCc1ccncc1. The maximum Gasteiger partial charge on any atom is 0.339 e. The maximum atomic E-state index is 11.1. The summed E-state index contributed by atoms with van der Waals surface area (Å²) in [7, 11) is 0. The average molecular weight is 322 g/mol. The number of nitrogens with zero attached hydrogens (tertiary/aromatic N) is 1. The zero-order valence-electron chi connectivity index (χ0n) is 10.0. The van der Waals surface area contributed by atoms with Crippen molar-refractivity contribution in [3.05, 3.63) is 58.3 Å². The van der Waals surface area contributed by atoms with Gasteiger partial charge in [-0.1, -0.05) is 15.9 Å². The molecule has 0 aliphatic heterocycles. The van der Waals surface area contributed by atoms with Gasteiger partial charge in [-0.15, -0.1) is 0 Å². The van der Waals surface area contributed by atoms with Crippen molar-refractivity contribution < 1.29 is 14.6 Å². The predicted molar refractivity (Wildman–Crippen MR) is 74.5 cm³/mol. The number of halogens is 1. The molecule has 0 radical (unpaired) electrons. The number of aromatic nitrogens is 1. The van der Waals surface area contributed by atoms with Gasteiger partial charge in [-0.3, -0.25) is 4.98 Å². The smallest absolute Gasteiger partial charge is 0.339 e. The molecule has 0 aliphatic carbocycles. The fourth-order valence-electron chi connectivity index (χ4n) is 1.62. The van der Waals surface area contributed by atoms with Gasteiger partial charge in [0.05, 0.1) is 6.61 Å². The molecule has 0 aliphatic rings. The van der Waals surface area contributed by atoms with Gasteiger partial charge in [0.25, 0.3) is 0 Å². The van der Waals surface area contributed by atoms with Crippen molar-refractivity contribution in [2.45, 2.75) is 6.42 Å². The number of carboxylic acid groups (broad SMARTS) is 1. The first kappa shape index (κ1) is 13.5. The van der Waals surface area contributed by atoms with E-state index in [0.29, 0.717) is 18.8 Å². The monoisotopic (exact) mass is 321 g/mol. The van der Waals surface area contributed by atoms with E-state index in [1.165, 1.54) is 6.07 Å². The van der Waals surface area contributed by atoms with E-state index in [1.54, 1.807) is 24.5 Å². The summed E-state index contributed by atoms with van der Waals surface area (Å²) in [5, 5.41) is 9.07. The summed E-state index contributed by atoms with van der Waals surface area (Å²) in [6.07, 6.45) is 4.14. The summed E-state index contributed by atoms with van der Waals surface area (Å²) in [5.74, 6) is -0.623. The zero-order chi connectivity index (χ0) is 13.7. The van der Waals surface area contributed by atoms with Gasteiger partial charge in [0.15, 0.2) is 0 Å². The Kier molecular flexibility index (Phi) is 4.52. The normalized spacial score (nSPS) is 10.2. The van der Waals surface area contributed by atoms with E-state index < -0.39 is 5.97 Å². The molecule has 1 N–H and O–H groups in total. The molecule has 0 unspecified atom stereocenters. The molecule has 1 aromatic carbocycles. The van der Waals surface area contributed by atoms with Crippen molar-refractivity contribution in [2.24, 2.45) is 0 Å². The van der Waals surface area contributed by atoms with E-state index in [0.717, 1.165) is 10.0 Å². The van der Waals surface area contributed by atoms with Crippen LogP contribution in [0, 0.1) is 0 Å². The number of carbonyl (C=O) groups is 1. The molecule has 0 bridgehead atoms. The van der Waals surface area contributed by atoms with Gasteiger partial charge in [-0.25, -0.2) is 4.79 Å². The Balaban J connectivity index is 2.03.